The molecule has 0 radical (unpaired) electrons. The van der Waals surface area contributed by atoms with Gasteiger partial charge in [0.05, 0.1) is 5.52 Å². The highest BCUT2D eigenvalue weighted by molar-refractivity contribution is 5.89. The molecule has 0 bridgehead atoms. The van der Waals surface area contributed by atoms with Gasteiger partial charge in [-0.2, -0.15) is 4.98 Å². The van der Waals surface area contributed by atoms with E-state index in [1.807, 2.05) is 0 Å². The summed E-state index contributed by atoms with van der Waals surface area (Å²) in [6.45, 7) is 4.37. The molecule has 1 fully saturated rings. The summed E-state index contributed by atoms with van der Waals surface area (Å²) < 4.78 is 1.67. The van der Waals surface area contributed by atoms with Crippen LogP contribution >= 0.6 is 0 Å². The summed E-state index contributed by atoms with van der Waals surface area (Å²) in [5, 5.41) is 12.7. The van der Waals surface area contributed by atoms with E-state index in [9.17, 15) is 9.59 Å². The average Bonchev–Trinajstić information content (AvgIpc) is 2.64. The maximum Gasteiger partial charge on any atom is 0.407 e. The molecule has 0 aliphatic carbocycles. The van der Waals surface area contributed by atoms with Crippen LogP contribution in [0.25, 0.3) is 10.9 Å². The fraction of sp³-hybridized carbons (Fsp3) is 0.556. The van der Waals surface area contributed by atoms with E-state index < -0.39 is 6.09 Å². The van der Waals surface area contributed by atoms with Crippen LogP contribution in [0.1, 0.15) is 32.6 Å². The number of pyridine rings is 1. The predicted molar refractivity (Wildman–Crippen MR) is 104 cm³/mol. The minimum atomic E-state index is -0.881. The number of likely N-dealkylation sites (tertiary alicyclic amines) is 1. The first-order chi connectivity index (χ1) is 13.0. The van der Waals surface area contributed by atoms with Crippen molar-refractivity contribution in [2.45, 2.75) is 39.2 Å². The number of carbonyl (C=O) groups is 1. The molecular formula is C18H26N6O3. The van der Waals surface area contributed by atoms with Crippen molar-refractivity contribution in [3.8, 4) is 0 Å². The molecule has 1 amide bonds. The summed E-state index contributed by atoms with van der Waals surface area (Å²) in [6, 6.07) is 1.78. The highest BCUT2D eigenvalue weighted by atomic mass is 16.4. The number of fused-ring (bicyclic) bond motifs is 1. The second-order valence-corrected chi connectivity index (χ2v) is 6.96. The number of nitrogen functional groups attached to an aromatic ring is 1. The van der Waals surface area contributed by atoms with E-state index in [-0.39, 0.29) is 17.4 Å². The Balaban J connectivity index is 1.84. The number of rotatable bonds is 6. The van der Waals surface area contributed by atoms with Crippen LogP contribution in [0.15, 0.2) is 17.1 Å². The van der Waals surface area contributed by atoms with E-state index in [4.69, 9.17) is 10.8 Å². The molecule has 0 atom stereocenters. The highest BCUT2D eigenvalue weighted by Crippen LogP contribution is 2.21. The molecular weight excluding hydrogens is 348 g/mol. The van der Waals surface area contributed by atoms with Crippen molar-refractivity contribution >= 4 is 28.8 Å². The van der Waals surface area contributed by atoms with Crippen LogP contribution in [0.4, 0.5) is 16.6 Å². The second kappa shape index (κ2) is 8.24. The molecule has 0 spiro atoms. The van der Waals surface area contributed by atoms with Gasteiger partial charge >= 0.3 is 6.09 Å². The number of unbranched alkanes of at least 4 members (excludes halogenated alkanes) is 1. The van der Waals surface area contributed by atoms with Gasteiger partial charge in [-0.3, -0.25) is 4.79 Å². The zero-order valence-electron chi connectivity index (χ0n) is 15.5. The van der Waals surface area contributed by atoms with Crippen molar-refractivity contribution in [1.29, 1.82) is 0 Å². The number of nitrogens with one attached hydrogen (secondary N) is 1. The fourth-order valence-corrected chi connectivity index (χ4v) is 3.44. The predicted octanol–water partition coefficient (Wildman–Crippen LogP) is 1.98. The molecule has 9 nitrogen and oxygen atoms in total. The number of piperidine rings is 1. The Morgan fingerprint density at radius 2 is 2.11 bits per heavy atom. The number of hydrogen-bond donors (Lipinski definition) is 3. The Hall–Kier alpha value is -2.84. The molecule has 2 aromatic heterocycles. The molecule has 0 unspecified atom stereocenters. The first-order valence-electron chi connectivity index (χ1n) is 9.38. The van der Waals surface area contributed by atoms with E-state index in [0.29, 0.717) is 42.9 Å². The third-order valence-electron chi connectivity index (χ3n) is 5.00. The van der Waals surface area contributed by atoms with Crippen LogP contribution in [0, 0.1) is 5.92 Å². The summed E-state index contributed by atoms with van der Waals surface area (Å²) in [4.78, 5) is 33.9. The van der Waals surface area contributed by atoms with Gasteiger partial charge in [0, 0.05) is 32.4 Å². The van der Waals surface area contributed by atoms with Gasteiger partial charge in [0.25, 0.3) is 5.56 Å². The number of anilines is 2. The summed E-state index contributed by atoms with van der Waals surface area (Å²) in [5.41, 5.74) is 6.17. The normalized spacial score (nSPS) is 15.2. The Kier molecular flexibility index (Phi) is 5.78. The SMILES string of the molecule is CCCCNc1nc(N)nc2ccn(CC3CCN(C(=O)O)CC3)c(=O)c12. The van der Waals surface area contributed by atoms with Crippen LogP contribution < -0.4 is 16.6 Å². The molecule has 2 aromatic rings. The Bertz CT molecular complexity index is 873. The lowest BCUT2D eigenvalue weighted by atomic mass is 9.97. The first kappa shape index (κ1) is 18.9. The number of aromatic nitrogens is 3. The first-order valence-corrected chi connectivity index (χ1v) is 9.38. The maximum absolute atomic E-state index is 13.0. The number of nitrogens with two attached hydrogens (primary N) is 1. The van der Waals surface area contributed by atoms with Gasteiger partial charge in [-0.1, -0.05) is 13.3 Å². The maximum atomic E-state index is 13.0. The van der Waals surface area contributed by atoms with Crippen molar-refractivity contribution in [2.75, 3.05) is 30.7 Å². The Morgan fingerprint density at radius 1 is 1.37 bits per heavy atom. The summed E-state index contributed by atoms with van der Waals surface area (Å²) in [7, 11) is 0. The molecule has 1 aliphatic rings. The zero-order chi connectivity index (χ0) is 19.4. The molecule has 4 N–H and O–H groups in total. The van der Waals surface area contributed by atoms with Gasteiger partial charge < -0.3 is 25.6 Å². The number of carboxylic acid groups (broad SMARTS) is 1. The van der Waals surface area contributed by atoms with Crippen molar-refractivity contribution < 1.29 is 9.90 Å². The van der Waals surface area contributed by atoms with E-state index >= 15 is 0 Å². The standard InChI is InChI=1S/C18H26N6O3/c1-2-3-7-20-15-14-13(21-17(19)22-15)6-10-24(16(14)25)11-12-4-8-23(9-5-12)18(26)27/h6,10,12H,2-5,7-9,11H2,1H3,(H,26,27)(H3,19,20,21,22). The zero-order valence-corrected chi connectivity index (χ0v) is 15.5. The molecule has 3 heterocycles. The fourth-order valence-electron chi connectivity index (χ4n) is 3.44. The third kappa shape index (κ3) is 4.29. The van der Waals surface area contributed by atoms with Gasteiger partial charge in [0.15, 0.2) is 0 Å². The highest BCUT2D eigenvalue weighted by Gasteiger charge is 2.23. The molecule has 1 saturated heterocycles. The largest absolute Gasteiger partial charge is 0.465 e. The van der Waals surface area contributed by atoms with Crippen molar-refractivity contribution in [1.82, 2.24) is 19.4 Å². The molecule has 146 valence electrons. The van der Waals surface area contributed by atoms with Crippen LogP contribution in [-0.2, 0) is 6.54 Å². The molecule has 27 heavy (non-hydrogen) atoms. The van der Waals surface area contributed by atoms with Crippen LogP contribution in [0.3, 0.4) is 0 Å². The second-order valence-electron chi connectivity index (χ2n) is 6.96. The molecule has 3 rings (SSSR count). The number of nitrogens with zero attached hydrogens (tertiary/aromatic N) is 4. The van der Waals surface area contributed by atoms with Crippen LogP contribution in [-0.4, -0.2) is 50.3 Å². The Labute approximate surface area is 157 Å². The van der Waals surface area contributed by atoms with Crippen LogP contribution in [0.5, 0.6) is 0 Å². The van der Waals surface area contributed by atoms with Crippen molar-refractivity contribution in [3.63, 3.8) is 0 Å². The van der Waals surface area contributed by atoms with Gasteiger partial charge in [-0.25, -0.2) is 9.78 Å². The van der Waals surface area contributed by atoms with E-state index in [1.165, 1.54) is 4.90 Å². The Morgan fingerprint density at radius 3 is 2.78 bits per heavy atom. The van der Waals surface area contributed by atoms with Crippen molar-refractivity contribution in [3.05, 3.63) is 22.6 Å². The lowest BCUT2D eigenvalue weighted by molar-refractivity contribution is 0.121. The molecule has 1 aliphatic heterocycles. The summed E-state index contributed by atoms with van der Waals surface area (Å²) >= 11 is 0. The van der Waals surface area contributed by atoms with E-state index in [2.05, 4.69) is 22.2 Å². The van der Waals surface area contributed by atoms with E-state index in [1.54, 1.807) is 16.8 Å². The third-order valence-corrected chi connectivity index (χ3v) is 5.00. The van der Waals surface area contributed by atoms with Gasteiger partial charge in [0.2, 0.25) is 5.95 Å². The minimum Gasteiger partial charge on any atom is -0.465 e. The topological polar surface area (TPSA) is 126 Å². The van der Waals surface area contributed by atoms with E-state index in [0.717, 1.165) is 25.7 Å². The van der Waals surface area contributed by atoms with Gasteiger partial charge in [-0.15, -0.1) is 0 Å². The summed E-state index contributed by atoms with van der Waals surface area (Å²) in [5.74, 6) is 0.882. The van der Waals surface area contributed by atoms with Gasteiger partial charge in [0.1, 0.15) is 11.2 Å². The monoisotopic (exact) mass is 374 g/mol. The lowest BCUT2D eigenvalue weighted by Gasteiger charge is -2.30. The molecule has 0 saturated carbocycles. The number of amides is 1. The quantitative estimate of drug-likeness (QED) is 0.660. The van der Waals surface area contributed by atoms with Gasteiger partial charge in [-0.05, 0) is 31.2 Å². The number of hydrogen-bond acceptors (Lipinski definition) is 6. The smallest absolute Gasteiger partial charge is 0.407 e. The lowest BCUT2D eigenvalue weighted by Crippen LogP contribution is -2.39. The summed E-state index contributed by atoms with van der Waals surface area (Å²) in [6.07, 6.45) is 4.34. The van der Waals surface area contributed by atoms with Crippen LogP contribution in [0.2, 0.25) is 0 Å². The minimum absolute atomic E-state index is 0.139. The molecule has 0 aromatic carbocycles. The van der Waals surface area contributed by atoms with Crippen molar-refractivity contribution in [2.24, 2.45) is 5.92 Å². The molecule has 9 heteroatoms. The average molecular weight is 374 g/mol.